The van der Waals surface area contributed by atoms with Crippen molar-refractivity contribution in [3.8, 4) is 0 Å². The van der Waals surface area contributed by atoms with E-state index in [-0.39, 0.29) is 0 Å². The van der Waals surface area contributed by atoms with Crippen molar-refractivity contribution in [2.75, 3.05) is 13.2 Å². The summed E-state index contributed by atoms with van der Waals surface area (Å²) in [6, 6.07) is 0. The Kier molecular flexibility index (Phi) is 6.50. The lowest BCUT2D eigenvalue weighted by Crippen LogP contribution is -2.65. The fourth-order valence-corrected chi connectivity index (χ4v) is 3.03. The molecule has 11 nitrogen and oxygen atoms in total. The maximum absolute atomic E-state index is 10.0. The molecule has 0 spiro atoms. The first-order valence-corrected chi connectivity index (χ1v) is 7.53. The fourth-order valence-electron chi connectivity index (χ4n) is 3.03. The smallest absolute Gasteiger partial charge is 0.187 e. The molecule has 2 fully saturated rings. The van der Waals surface area contributed by atoms with Gasteiger partial charge in [-0.25, -0.2) is 0 Å². The molecule has 2 aliphatic rings. The van der Waals surface area contributed by atoms with Gasteiger partial charge in [0.2, 0.25) is 0 Å². The van der Waals surface area contributed by atoms with Gasteiger partial charge >= 0.3 is 0 Å². The first-order chi connectivity index (χ1) is 11.2. The number of ether oxygens (including phenoxy) is 2. The van der Waals surface area contributed by atoms with Gasteiger partial charge in [-0.2, -0.15) is 0 Å². The maximum atomic E-state index is 10.0. The SMILES string of the molecule is OC[C@H]1[C@H](O)[C@@H](O)[C@H](O)[C@@H](O)[C@@H]1O[C@H]1O[C@H](CO)[C@@H](O)[C@H](O)[C@H]1O. The highest BCUT2D eigenvalue weighted by molar-refractivity contribution is 5.00. The predicted molar refractivity (Wildman–Crippen MR) is 73.2 cm³/mol. The second-order valence-electron chi connectivity index (χ2n) is 6.11. The minimum Gasteiger partial charge on any atom is -0.396 e. The molecule has 24 heavy (non-hydrogen) atoms. The quantitative estimate of drug-likeness (QED) is 0.232. The van der Waals surface area contributed by atoms with E-state index in [9.17, 15) is 40.9 Å². The molecule has 2 rings (SSSR count). The summed E-state index contributed by atoms with van der Waals surface area (Å²) in [5, 5.41) is 87.1. The highest BCUT2D eigenvalue weighted by Crippen LogP contribution is 2.32. The fraction of sp³-hybridized carbons (Fsp3) is 1.00. The lowest BCUT2D eigenvalue weighted by atomic mass is 9.78. The minimum absolute atomic E-state index is 0.689. The van der Waals surface area contributed by atoms with Crippen molar-refractivity contribution >= 4 is 0 Å². The first kappa shape index (κ1) is 19.9. The van der Waals surface area contributed by atoms with Gasteiger partial charge in [0.1, 0.15) is 42.7 Å². The summed E-state index contributed by atoms with van der Waals surface area (Å²) in [6.45, 7) is -1.41. The molecule has 0 amide bonds. The Morgan fingerprint density at radius 2 is 1.17 bits per heavy atom. The summed E-state index contributed by atoms with van der Waals surface area (Å²) < 4.78 is 10.4. The number of aliphatic hydroxyl groups is 9. The van der Waals surface area contributed by atoms with Crippen molar-refractivity contribution in [2.24, 2.45) is 5.92 Å². The monoisotopic (exact) mass is 356 g/mol. The highest BCUT2D eigenvalue weighted by atomic mass is 16.7. The summed E-state index contributed by atoms with van der Waals surface area (Å²) in [7, 11) is 0. The normalized spacial score (nSPS) is 53.1. The van der Waals surface area contributed by atoms with Gasteiger partial charge < -0.3 is 55.4 Å². The number of hydrogen-bond acceptors (Lipinski definition) is 11. The molecule has 11 atom stereocenters. The molecule has 11 heteroatoms. The van der Waals surface area contributed by atoms with Gasteiger partial charge in [0, 0.05) is 5.92 Å². The molecule has 0 aromatic carbocycles. The third kappa shape index (κ3) is 3.43. The van der Waals surface area contributed by atoms with Crippen LogP contribution in [-0.4, -0.2) is 120 Å². The molecule has 1 saturated heterocycles. The van der Waals surface area contributed by atoms with Crippen molar-refractivity contribution in [2.45, 2.75) is 61.2 Å². The molecule has 0 unspecified atom stereocenters. The van der Waals surface area contributed by atoms with Gasteiger partial charge in [-0.05, 0) is 0 Å². The Labute approximate surface area is 136 Å². The first-order valence-electron chi connectivity index (χ1n) is 7.53. The zero-order chi connectivity index (χ0) is 18.2. The van der Waals surface area contributed by atoms with Crippen molar-refractivity contribution in [1.29, 1.82) is 0 Å². The molecule has 1 saturated carbocycles. The van der Waals surface area contributed by atoms with E-state index in [4.69, 9.17) is 14.6 Å². The van der Waals surface area contributed by atoms with Gasteiger partial charge in [-0.3, -0.25) is 0 Å². The van der Waals surface area contributed by atoms with Crippen LogP contribution < -0.4 is 0 Å². The average molecular weight is 356 g/mol. The Balaban J connectivity index is 2.17. The lowest BCUT2D eigenvalue weighted by molar-refractivity contribution is -0.336. The van der Waals surface area contributed by atoms with Gasteiger partial charge in [0.15, 0.2) is 6.29 Å². The van der Waals surface area contributed by atoms with Crippen LogP contribution in [-0.2, 0) is 9.47 Å². The van der Waals surface area contributed by atoms with Crippen LogP contribution in [0.4, 0.5) is 0 Å². The Morgan fingerprint density at radius 1 is 0.625 bits per heavy atom. The molecule has 1 heterocycles. The molecule has 9 N–H and O–H groups in total. The third-order valence-corrected chi connectivity index (χ3v) is 4.60. The van der Waals surface area contributed by atoms with Crippen molar-refractivity contribution < 1.29 is 55.4 Å². The van der Waals surface area contributed by atoms with E-state index in [1.165, 1.54) is 0 Å². The van der Waals surface area contributed by atoms with E-state index in [0.29, 0.717) is 0 Å². The number of rotatable bonds is 4. The van der Waals surface area contributed by atoms with Crippen LogP contribution in [0.25, 0.3) is 0 Å². The second kappa shape index (κ2) is 7.85. The second-order valence-corrected chi connectivity index (χ2v) is 6.11. The van der Waals surface area contributed by atoms with E-state index >= 15 is 0 Å². The predicted octanol–water partition coefficient (Wildman–Crippen LogP) is -5.76. The molecule has 0 aromatic heterocycles. The van der Waals surface area contributed by atoms with Crippen molar-refractivity contribution in [1.82, 2.24) is 0 Å². The maximum Gasteiger partial charge on any atom is 0.187 e. The molecule has 0 bridgehead atoms. The van der Waals surface area contributed by atoms with E-state index in [2.05, 4.69) is 0 Å². The average Bonchev–Trinajstić information content (AvgIpc) is 2.58. The van der Waals surface area contributed by atoms with E-state index in [0.717, 1.165) is 0 Å². The van der Waals surface area contributed by atoms with Gasteiger partial charge in [0.05, 0.1) is 25.4 Å². The zero-order valence-corrected chi connectivity index (χ0v) is 12.6. The summed E-state index contributed by atoms with van der Waals surface area (Å²) >= 11 is 0. The largest absolute Gasteiger partial charge is 0.396 e. The van der Waals surface area contributed by atoms with Crippen molar-refractivity contribution in [3.63, 3.8) is 0 Å². The minimum atomic E-state index is -1.78. The van der Waals surface area contributed by atoms with E-state index in [1.807, 2.05) is 0 Å². The van der Waals surface area contributed by atoms with Crippen molar-refractivity contribution in [3.05, 3.63) is 0 Å². The van der Waals surface area contributed by atoms with E-state index in [1.54, 1.807) is 0 Å². The van der Waals surface area contributed by atoms with Crippen LogP contribution in [0, 0.1) is 5.92 Å². The van der Waals surface area contributed by atoms with E-state index < -0.39 is 80.4 Å². The third-order valence-electron chi connectivity index (χ3n) is 4.60. The van der Waals surface area contributed by atoms with Crippen LogP contribution >= 0.6 is 0 Å². The highest BCUT2D eigenvalue weighted by Gasteiger charge is 2.52. The van der Waals surface area contributed by atoms with Gasteiger partial charge in [-0.15, -0.1) is 0 Å². The Bertz CT molecular complexity index is 407. The summed E-state index contributed by atoms with van der Waals surface area (Å²) in [6.07, 6.45) is -16.2. The number of aliphatic hydroxyl groups excluding tert-OH is 9. The van der Waals surface area contributed by atoms with Gasteiger partial charge in [0.25, 0.3) is 0 Å². The zero-order valence-electron chi connectivity index (χ0n) is 12.6. The van der Waals surface area contributed by atoms with Crippen LogP contribution in [0.5, 0.6) is 0 Å². The molecule has 1 aliphatic carbocycles. The molecular formula is C13H24O11. The van der Waals surface area contributed by atoms with Crippen LogP contribution in [0.2, 0.25) is 0 Å². The number of hydrogen-bond donors (Lipinski definition) is 9. The Morgan fingerprint density at radius 3 is 1.71 bits per heavy atom. The van der Waals surface area contributed by atoms with Crippen LogP contribution in [0.15, 0.2) is 0 Å². The summed E-state index contributed by atoms with van der Waals surface area (Å²) in [5.41, 5.74) is 0. The molecule has 1 aliphatic heterocycles. The molecular weight excluding hydrogens is 332 g/mol. The van der Waals surface area contributed by atoms with Crippen LogP contribution in [0.3, 0.4) is 0 Å². The Hall–Kier alpha value is -0.440. The molecule has 0 aromatic rings. The van der Waals surface area contributed by atoms with Crippen LogP contribution in [0.1, 0.15) is 0 Å². The summed E-state index contributed by atoms with van der Waals surface area (Å²) in [4.78, 5) is 0. The summed E-state index contributed by atoms with van der Waals surface area (Å²) in [5.74, 6) is -1.22. The van der Waals surface area contributed by atoms with Gasteiger partial charge in [-0.1, -0.05) is 0 Å². The molecule has 0 radical (unpaired) electrons. The topological polar surface area (TPSA) is 201 Å². The molecule has 142 valence electrons. The standard InChI is InChI=1S/C13H24O11/c14-1-3-5(16)7(18)9(20)10(21)12(3)24-13-11(22)8(19)6(17)4(2-15)23-13/h3-22H,1-2H2/t3-,4+,5-,6+,7+,8-,9-,10+,11+,12+,13+/m0/s1. The lowest BCUT2D eigenvalue weighted by Gasteiger charge is -2.47.